The molecule has 0 heterocycles. The number of amides is 1. The van der Waals surface area contributed by atoms with E-state index in [9.17, 15) is 13.2 Å². The minimum absolute atomic E-state index is 0.0318. The van der Waals surface area contributed by atoms with Gasteiger partial charge in [0, 0.05) is 5.75 Å². The van der Waals surface area contributed by atoms with Crippen LogP contribution in [-0.2, 0) is 14.6 Å². The van der Waals surface area contributed by atoms with Gasteiger partial charge in [0.25, 0.3) is 0 Å². The Bertz CT molecular complexity index is 194. The minimum atomic E-state index is -3.19. The summed E-state index contributed by atoms with van der Waals surface area (Å²) in [5, 5.41) is 0. The molecule has 0 rings (SSSR count). The van der Waals surface area contributed by atoms with E-state index in [1.54, 1.807) is 0 Å². The number of carbonyl (C=O) groups is 1. The molecule has 54 valence electrons. The van der Waals surface area contributed by atoms with Crippen LogP contribution in [0.2, 0.25) is 0 Å². The zero-order valence-corrected chi connectivity index (χ0v) is 5.94. The SMILES string of the molecule is CCS(=O)(=O)CC(N)=O. The van der Waals surface area contributed by atoms with Crippen LogP contribution in [0.15, 0.2) is 0 Å². The molecule has 0 fully saturated rings. The Hall–Kier alpha value is -0.580. The molecule has 0 aromatic rings. The number of carbonyl (C=O) groups excluding carboxylic acids is 1. The third kappa shape index (κ3) is 3.96. The highest BCUT2D eigenvalue weighted by molar-refractivity contribution is 7.92. The van der Waals surface area contributed by atoms with Gasteiger partial charge in [-0.25, -0.2) is 8.42 Å². The Morgan fingerprint density at radius 1 is 1.56 bits per heavy atom. The summed E-state index contributed by atoms with van der Waals surface area (Å²) < 4.78 is 21.0. The monoisotopic (exact) mass is 151 g/mol. The fraction of sp³-hybridized carbons (Fsp3) is 0.750. The lowest BCUT2D eigenvalue weighted by atomic mass is 10.8. The molecule has 0 radical (unpaired) electrons. The molecular formula is C4H9NO3S. The molecule has 0 aromatic carbocycles. The number of hydrogen-bond donors (Lipinski definition) is 1. The fourth-order valence-corrected chi connectivity index (χ4v) is 0.956. The van der Waals surface area contributed by atoms with Crippen molar-refractivity contribution in [1.82, 2.24) is 0 Å². The predicted octanol–water partition coefficient (Wildman–Crippen LogP) is -1.09. The molecule has 0 bridgehead atoms. The molecule has 0 aliphatic heterocycles. The average Bonchev–Trinajstić information content (AvgIpc) is 1.63. The normalized spacial score (nSPS) is 11.2. The van der Waals surface area contributed by atoms with Gasteiger partial charge >= 0.3 is 0 Å². The second-order valence-corrected chi connectivity index (χ2v) is 4.00. The zero-order chi connectivity index (χ0) is 7.49. The molecule has 5 heteroatoms. The van der Waals surface area contributed by atoms with Crippen molar-refractivity contribution in [1.29, 1.82) is 0 Å². The highest BCUT2D eigenvalue weighted by Crippen LogP contribution is 1.85. The van der Waals surface area contributed by atoms with Crippen LogP contribution in [0.5, 0.6) is 0 Å². The van der Waals surface area contributed by atoms with E-state index >= 15 is 0 Å². The third-order valence-electron chi connectivity index (χ3n) is 0.802. The highest BCUT2D eigenvalue weighted by Gasteiger charge is 2.09. The van der Waals surface area contributed by atoms with E-state index in [4.69, 9.17) is 0 Å². The van der Waals surface area contributed by atoms with Crippen LogP contribution >= 0.6 is 0 Å². The van der Waals surface area contributed by atoms with Crippen molar-refractivity contribution in [3.63, 3.8) is 0 Å². The Morgan fingerprint density at radius 2 is 2.00 bits per heavy atom. The number of primary amides is 1. The molecular weight excluding hydrogens is 142 g/mol. The quantitative estimate of drug-likeness (QED) is 0.556. The summed E-state index contributed by atoms with van der Waals surface area (Å²) in [6.45, 7) is 1.47. The lowest BCUT2D eigenvalue weighted by Crippen LogP contribution is -2.24. The summed E-state index contributed by atoms with van der Waals surface area (Å²) in [6, 6.07) is 0. The molecule has 0 aliphatic rings. The van der Waals surface area contributed by atoms with Crippen molar-refractivity contribution in [2.75, 3.05) is 11.5 Å². The van der Waals surface area contributed by atoms with E-state index in [0.29, 0.717) is 0 Å². The Labute approximate surface area is 54.0 Å². The molecule has 4 nitrogen and oxygen atoms in total. The molecule has 2 N–H and O–H groups in total. The van der Waals surface area contributed by atoms with Crippen LogP contribution in [-0.4, -0.2) is 25.8 Å². The summed E-state index contributed by atoms with van der Waals surface area (Å²) in [7, 11) is -3.19. The maximum Gasteiger partial charge on any atom is 0.232 e. The topological polar surface area (TPSA) is 77.2 Å². The van der Waals surface area contributed by atoms with Crippen LogP contribution in [0.3, 0.4) is 0 Å². The predicted molar refractivity (Wildman–Crippen MR) is 33.5 cm³/mol. The Balaban J connectivity index is 4.06. The van der Waals surface area contributed by atoms with Crippen LogP contribution in [0.4, 0.5) is 0 Å². The smallest absolute Gasteiger partial charge is 0.232 e. The first-order valence-corrected chi connectivity index (χ1v) is 4.29. The lowest BCUT2D eigenvalue weighted by Gasteiger charge is -1.93. The van der Waals surface area contributed by atoms with E-state index in [2.05, 4.69) is 5.73 Å². The maximum atomic E-state index is 10.5. The lowest BCUT2D eigenvalue weighted by molar-refractivity contribution is -0.115. The highest BCUT2D eigenvalue weighted by atomic mass is 32.2. The van der Waals surface area contributed by atoms with Gasteiger partial charge in [0.1, 0.15) is 5.75 Å². The van der Waals surface area contributed by atoms with Crippen molar-refractivity contribution in [3.05, 3.63) is 0 Å². The summed E-state index contributed by atoms with van der Waals surface area (Å²) in [6.07, 6.45) is 0. The number of sulfone groups is 1. The maximum absolute atomic E-state index is 10.5. The molecule has 1 amide bonds. The molecule has 0 saturated carbocycles. The van der Waals surface area contributed by atoms with Crippen LogP contribution < -0.4 is 5.73 Å². The second kappa shape index (κ2) is 2.82. The second-order valence-electron chi connectivity index (χ2n) is 1.64. The van der Waals surface area contributed by atoms with Gasteiger partial charge in [0.15, 0.2) is 9.84 Å². The summed E-state index contributed by atoms with van der Waals surface area (Å²) in [5.74, 6) is -1.36. The van der Waals surface area contributed by atoms with Crippen molar-refractivity contribution in [2.45, 2.75) is 6.92 Å². The molecule has 0 unspecified atom stereocenters. The first kappa shape index (κ1) is 8.42. The first-order valence-electron chi connectivity index (χ1n) is 2.46. The number of rotatable bonds is 3. The van der Waals surface area contributed by atoms with Crippen LogP contribution in [0, 0.1) is 0 Å². The van der Waals surface area contributed by atoms with Crippen molar-refractivity contribution >= 4 is 15.7 Å². The van der Waals surface area contributed by atoms with Crippen molar-refractivity contribution in [2.24, 2.45) is 5.73 Å². The summed E-state index contributed by atoms with van der Waals surface area (Å²) >= 11 is 0. The van der Waals surface area contributed by atoms with Gasteiger partial charge in [0.2, 0.25) is 5.91 Å². The third-order valence-corrected chi connectivity index (χ3v) is 2.41. The van der Waals surface area contributed by atoms with E-state index < -0.39 is 21.5 Å². The van der Waals surface area contributed by atoms with E-state index in [-0.39, 0.29) is 5.75 Å². The largest absolute Gasteiger partial charge is 0.369 e. The van der Waals surface area contributed by atoms with Crippen LogP contribution in [0.25, 0.3) is 0 Å². The summed E-state index contributed by atoms with van der Waals surface area (Å²) in [4.78, 5) is 10.0. The minimum Gasteiger partial charge on any atom is -0.369 e. The Kier molecular flexibility index (Phi) is 2.64. The molecule has 0 atom stereocenters. The van der Waals surface area contributed by atoms with Gasteiger partial charge < -0.3 is 5.73 Å². The molecule has 9 heavy (non-hydrogen) atoms. The fourth-order valence-electron chi connectivity index (χ4n) is 0.319. The average molecular weight is 151 g/mol. The van der Waals surface area contributed by atoms with Gasteiger partial charge in [-0.05, 0) is 0 Å². The van der Waals surface area contributed by atoms with Crippen LogP contribution in [0.1, 0.15) is 6.92 Å². The van der Waals surface area contributed by atoms with Gasteiger partial charge in [-0.15, -0.1) is 0 Å². The number of hydrogen-bond acceptors (Lipinski definition) is 3. The van der Waals surface area contributed by atoms with Gasteiger partial charge in [0.05, 0.1) is 0 Å². The molecule has 0 spiro atoms. The van der Waals surface area contributed by atoms with Crippen molar-refractivity contribution < 1.29 is 13.2 Å². The van der Waals surface area contributed by atoms with Crippen molar-refractivity contribution in [3.8, 4) is 0 Å². The molecule has 0 aromatic heterocycles. The Morgan fingerprint density at radius 3 is 2.11 bits per heavy atom. The van der Waals surface area contributed by atoms with E-state index in [1.807, 2.05) is 0 Å². The van der Waals surface area contributed by atoms with Gasteiger partial charge in [-0.2, -0.15) is 0 Å². The van der Waals surface area contributed by atoms with Gasteiger partial charge in [-0.3, -0.25) is 4.79 Å². The van der Waals surface area contributed by atoms with E-state index in [1.165, 1.54) is 6.92 Å². The zero-order valence-electron chi connectivity index (χ0n) is 5.12. The standard InChI is InChI=1S/C4H9NO3S/c1-2-9(7,8)3-4(5)6/h2-3H2,1H3,(H2,5,6). The summed E-state index contributed by atoms with van der Waals surface area (Å²) in [5.41, 5.74) is 4.64. The first-order chi connectivity index (χ1) is 3.98. The van der Waals surface area contributed by atoms with Gasteiger partial charge in [-0.1, -0.05) is 6.92 Å². The number of nitrogens with two attached hydrogens (primary N) is 1. The molecule has 0 saturated heterocycles. The van der Waals surface area contributed by atoms with E-state index in [0.717, 1.165) is 0 Å². The molecule has 0 aliphatic carbocycles.